The Labute approximate surface area is 195 Å². The zero-order valence-corrected chi connectivity index (χ0v) is 18.5. The Hall–Kier alpha value is -3.91. The van der Waals surface area contributed by atoms with Crippen LogP contribution in [0.2, 0.25) is 5.02 Å². The van der Waals surface area contributed by atoms with Crippen LogP contribution in [0, 0.1) is 0 Å². The Morgan fingerprint density at radius 3 is 2.61 bits per heavy atom. The molecule has 2 aromatic carbocycles. The van der Waals surface area contributed by atoms with Gasteiger partial charge in [0.1, 0.15) is 11.8 Å². The van der Waals surface area contributed by atoms with Gasteiger partial charge in [-0.2, -0.15) is 0 Å². The zero-order chi connectivity index (χ0) is 23.4. The molecule has 1 aliphatic rings. The second kappa shape index (κ2) is 9.70. The molecule has 2 heterocycles. The first kappa shape index (κ1) is 22.3. The molecular weight excluding hydrogens is 444 g/mol. The van der Waals surface area contributed by atoms with Crippen molar-refractivity contribution in [3.8, 4) is 5.75 Å². The summed E-state index contributed by atoms with van der Waals surface area (Å²) in [6, 6.07) is 15.4. The fourth-order valence-corrected chi connectivity index (χ4v) is 3.74. The minimum atomic E-state index is -0.976. The summed E-state index contributed by atoms with van der Waals surface area (Å²) in [4.78, 5) is 46.0. The van der Waals surface area contributed by atoms with Gasteiger partial charge in [-0.1, -0.05) is 23.7 Å². The number of anilines is 2. The number of ether oxygens (including phenoxy) is 1. The first-order valence-electron chi connectivity index (χ1n) is 10.2. The molecule has 1 aliphatic heterocycles. The number of urea groups is 1. The highest BCUT2D eigenvalue weighted by atomic mass is 35.5. The number of aromatic nitrogens is 1. The predicted molar refractivity (Wildman–Crippen MR) is 124 cm³/mol. The average Bonchev–Trinajstić information content (AvgIpc) is 3.05. The second-order valence-corrected chi connectivity index (χ2v) is 7.86. The highest BCUT2D eigenvalue weighted by Crippen LogP contribution is 2.30. The molecule has 3 aromatic rings. The lowest BCUT2D eigenvalue weighted by Gasteiger charge is -2.21. The molecular formula is C24H21ClN4O4. The number of pyridine rings is 1. The first-order valence-corrected chi connectivity index (χ1v) is 10.6. The van der Waals surface area contributed by atoms with Crippen LogP contribution in [0.15, 0.2) is 73.1 Å². The quantitative estimate of drug-likeness (QED) is 0.531. The number of imide groups is 1. The molecule has 0 saturated carbocycles. The predicted octanol–water partition coefficient (Wildman–Crippen LogP) is 4.11. The van der Waals surface area contributed by atoms with Crippen molar-refractivity contribution in [1.82, 2.24) is 9.88 Å². The van der Waals surface area contributed by atoms with Crippen molar-refractivity contribution in [1.29, 1.82) is 0 Å². The van der Waals surface area contributed by atoms with E-state index in [0.29, 0.717) is 22.1 Å². The molecule has 4 rings (SSSR count). The van der Waals surface area contributed by atoms with Crippen molar-refractivity contribution in [2.75, 3.05) is 17.3 Å². The van der Waals surface area contributed by atoms with Crippen LogP contribution in [-0.4, -0.2) is 40.9 Å². The monoisotopic (exact) mass is 464 g/mol. The molecule has 1 unspecified atom stereocenters. The van der Waals surface area contributed by atoms with Crippen LogP contribution in [0.25, 0.3) is 0 Å². The molecule has 0 radical (unpaired) electrons. The van der Waals surface area contributed by atoms with Gasteiger partial charge in [0.25, 0.3) is 5.91 Å². The van der Waals surface area contributed by atoms with Crippen LogP contribution in [-0.2, 0) is 16.1 Å². The highest BCUT2D eigenvalue weighted by molar-refractivity contribution is 6.30. The molecule has 0 aliphatic carbocycles. The number of amides is 4. The van der Waals surface area contributed by atoms with Crippen molar-refractivity contribution >= 4 is 40.8 Å². The fourth-order valence-electron chi connectivity index (χ4n) is 3.61. The summed E-state index contributed by atoms with van der Waals surface area (Å²) in [5.74, 6) is -0.369. The van der Waals surface area contributed by atoms with E-state index in [1.165, 1.54) is 12.0 Å². The Morgan fingerprint density at radius 1 is 1.12 bits per heavy atom. The van der Waals surface area contributed by atoms with Crippen LogP contribution >= 0.6 is 11.6 Å². The maximum absolute atomic E-state index is 13.4. The molecule has 1 fully saturated rings. The molecule has 168 valence electrons. The number of rotatable bonds is 7. The Balaban J connectivity index is 1.60. The van der Waals surface area contributed by atoms with E-state index in [4.69, 9.17) is 16.3 Å². The van der Waals surface area contributed by atoms with Gasteiger partial charge in [-0.15, -0.1) is 0 Å². The summed E-state index contributed by atoms with van der Waals surface area (Å²) in [5, 5.41) is 3.29. The van der Waals surface area contributed by atoms with Gasteiger partial charge in [-0.05, 0) is 48.0 Å². The van der Waals surface area contributed by atoms with Crippen LogP contribution < -0.4 is 15.0 Å². The molecule has 4 amide bonds. The highest BCUT2D eigenvalue weighted by Gasteiger charge is 2.46. The van der Waals surface area contributed by atoms with Crippen LogP contribution in [0.5, 0.6) is 5.75 Å². The van der Waals surface area contributed by atoms with Crippen LogP contribution in [0.3, 0.4) is 0 Å². The van der Waals surface area contributed by atoms with Crippen molar-refractivity contribution in [3.05, 3.63) is 83.6 Å². The number of carbonyl (C=O) groups is 3. The van der Waals surface area contributed by atoms with E-state index in [0.717, 1.165) is 10.5 Å². The van der Waals surface area contributed by atoms with Gasteiger partial charge < -0.3 is 15.0 Å². The van der Waals surface area contributed by atoms with Gasteiger partial charge in [-0.25, -0.2) is 9.69 Å². The SMILES string of the molecule is COc1cccc(N2C(=O)C(CC(=O)Nc3ccc(Cl)cc3)N(Cc3cccnc3)C2=O)c1. The molecule has 33 heavy (non-hydrogen) atoms. The Kier molecular flexibility index (Phi) is 6.55. The van der Waals surface area contributed by atoms with E-state index in [2.05, 4.69) is 10.3 Å². The van der Waals surface area contributed by atoms with Gasteiger partial charge in [0, 0.05) is 35.7 Å². The van der Waals surface area contributed by atoms with Gasteiger partial charge in [-0.3, -0.25) is 14.6 Å². The lowest BCUT2D eigenvalue weighted by atomic mass is 10.1. The van der Waals surface area contributed by atoms with Gasteiger partial charge in [0.15, 0.2) is 0 Å². The zero-order valence-electron chi connectivity index (χ0n) is 17.8. The van der Waals surface area contributed by atoms with E-state index >= 15 is 0 Å². The van der Waals surface area contributed by atoms with Crippen molar-refractivity contribution in [2.24, 2.45) is 0 Å². The number of nitrogens with zero attached hydrogens (tertiary/aromatic N) is 3. The Bertz CT molecular complexity index is 1170. The summed E-state index contributed by atoms with van der Waals surface area (Å²) >= 11 is 5.89. The second-order valence-electron chi connectivity index (χ2n) is 7.42. The molecule has 1 saturated heterocycles. The smallest absolute Gasteiger partial charge is 0.332 e. The Morgan fingerprint density at radius 2 is 1.91 bits per heavy atom. The van der Waals surface area contributed by atoms with E-state index in [1.807, 2.05) is 6.07 Å². The van der Waals surface area contributed by atoms with Gasteiger partial charge in [0.05, 0.1) is 19.2 Å². The van der Waals surface area contributed by atoms with Crippen LogP contribution in [0.1, 0.15) is 12.0 Å². The van der Waals surface area contributed by atoms with E-state index < -0.39 is 23.9 Å². The third kappa shape index (κ3) is 4.96. The number of hydrogen-bond donors (Lipinski definition) is 1. The van der Waals surface area contributed by atoms with E-state index in [-0.39, 0.29) is 13.0 Å². The minimum absolute atomic E-state index is 0.137. The van der Waals surface area contributed by atoms with Gasteiger partial charge in [0.2, 0.25) is 5.91 Å². The lowest BCUT2D eigenvalue weighted by molar-refractivity contribution is -0.124. The van der Waals surface area contributed by atoms with E-state index in [1.54, 1.807) is 67.0 Å². The largest absolute Gasteiger partial charge is 0.497 e. The molecule has 1 aromatic heterocycles. The number of halogens is 1. The fraction of sp³-hybridized carbons (Fsp3) is 0.167. The van der Waals surface area contributed by atoms with Crippen molar-refractivity contribution < 1.29 is 19.1 Å². The maximum atomic E-state index is 13.4. The van der Waals surface area contributed by atoms with Crippen LogP contribution in [0.4, 0.5) is 16.2 Å². The topological polar surface area (TPSA) is 91.8 Å². The summed E-state index contributed by atoms with van der Waals surface area (Å²) in [6.45, 7) is 0.137. The molecule has 9 heteroatoms. The molecule has 1 atom stereocenters. The third-order valence-corrected chi connectivity index (χ3v) is 5.46. The normalized spacial score (nSPS) is 15.6. The summed E-state index contributed by atoms with van der Waals surface area (Å²) in [7, 11) is 1.51. The van der Waals surface area contributed by atoms with Crippen molar-refractivity contribution in [3.63, 3.8) is 0 Å². The van der Waals surface area contributed by atoms with Crippen molar-refractivity contribution in [2.45, 2.75) is 19.0 Å². The summed E-state index contributed by atoms with van der Waals surface area (Å²) in [5.41, 5.74) is 1.67. The molecule has 8 nitrogen and oxygen atoms in total. The summed E-state index contributed by atoms with van der Waals surface area (Å²) in [6.07, 6.45) is 3.05. The van der Waals surface area contributed by atoms with E-state index in [9.17, 15) is 14.4 Å². The summed E-state index contributed by atoms with van der Waals surface area (Å²) < 4.78 is 5.23. The number of hydrogen-bond acceptors (Lipinski definition) is 5. The lowest BCUT2D eigenvalue weighted by Crippen LogP contribution is -2.37. The minimum Gasteiger partial charge on any atom is -0.497 e. The standard InChI is InChI=1S/C24H21ClN4O4/c1-33-20-6-2-5-19(12-20)29-23(31)21(13-22(30)27-18-9-7-17(25)8-10-18)28(24(29)32)15-16-4-3-11-26-14-16/h2-12,14,21H,13,15H2,1H3,(H,27,30). The molecule has 0 spiro atoms. The number of nitrogens with one attached hydrogen (secondary N) is 1. The van der Waals surface area contributed by atoms with Gasteiger partial charge >= 0.3 is 6.03 Å². The number of methoxy groups -OCH3 is 1. The molecule has 0 bridgehead atoms. The number of carbonyl (C=O) groups excluding carboxylic acids is 3. The average molecular weight is 465 g/mol. The third-order valence-electron chi connectivity index (χ3n) is 5.21. The first-order chi connectivity index (χ1) is 16.0. The number of benzene rings is 2. The maximum Gasteiger partial charge on any atom is 0.332 e. The molecule has 1 N–H and O–H groups in total.